The molecule has 1 saturated carbocycles. The molecule has 0 heterocycles. The molecule has 1 aromatic carbocycles. The van der Waals surface area contributed by atoms with Gasteiger partial charge in [0.25, 0.3) is 0 Å². The molecule has 1 fully saturated rings. The first-order valence-electron chi connectivity index (χ1n) is 7.44. The number of amides is 1. The van der Waals surface area contributed by atoms with Crippen molar-refractivity contribution in [2.45, 2.75) is 51.2 Å². The number of hydrogen-bond donors (Lipinski definition) is 2. The van der Waals surface area contributed by atoms with Crippen LogP contribution in [0.25, 0.3) is 0 Å². The Morgan fingerprint density at radius 2 is 2.15 bits per heavy atom. The van der Waals surface area contributed by atoms with Crippen molar-refractivity contribution < 1.29 is 4.79 Å². The van der Waals surface area contributed by atoms with E-state index in [2.05, 4.69) is 5.32 Å². The molecule has 0 bridgehead atoms. The zero-order valence-electron chi connectivity index (χ0n) is 12.4. The summed E-state index contributed by atoms with van der Waals surface area (Å²) in [5.41, 5.74) is 7.78. The fourth-order valence-corrected chi connectivity index (χ4v) is 2.69. The average Bonchev–Trinajstić information content (AvgIpc) is 2.98. The molecule has 0 aromatic heterocycles. The number of nitrogens with one attached hydrogen (secondary N) is 1. The summed E-state index contributed by atoms with van der Waals surface area (Å²) in [6.07, 6.45) is 4.69. The third-order valence-corrected chi connectivity index (χ3v) is 4.22. The Morgan fingerprint density at radius 3 is 2.80 bits per heavy atom. The maximum atomic E-state index is 12.3. The number of anilines is 1. The van der Waals surface area contributed by atoms with Crippen LogP contribution in [-0.2, 0) is 11.3 Å². The lowest BCUT2D eigenvalue weighted by atomic mass is 10.1. The van der Waals surface area contributed by atoms with Crippen molar-refractivity contribution in [3.8, 4) is 0 Å². The minimum atomic E-state index is -0.177. The van der Waals surface area contributed by atoms with Crippen molar-refractivity contribution in [1.82, 2.24) is 5.32 Å². The standard InChI is InChI=1S/C16H25N3O/c1-12(16(20)18-14-7-3-4-8-14)19(2)15-9-5-6-13(10-15)11-17/h5-6,9-10,12,14H,3-4,7-8,11,17H2,1-2H3,(H,18,20). The second-order valence-electron chi connectivity index (χ2n) is 5.65. The van der Waals surface area contributed by atoms with Crippen molar-refractivity contribution >= 4 is 11.6 Å². The summed E-state index contributed by atoms with van der Waals surface area (Å²) in [4.78, 5) is 14.3. The molecular weight excluding hydrogens is 250 g/mol. The number of nitrogens with zero attached hydrogens (tertiary/aromatic N) is 1. The number of nitrogens with two attached hydrogens (primary N) is 1. The van der Waals surface area contributed by atoms with Gasteiger partial charge in [-0.2, -0.15) is 0 Å². The number of rotatable bonds is 5. The maximum absolute atomic E-state index is 12.3. The molecule has 4 nitrogen and oxygen atoms in total. The molecule has 1 unspecified atom stereocenters. The van der Waals surface area contributed by atoms with Gasteiger partial charge in [-0.15, -0.1) is 0 Å². The highest BCUT2D eigenvalue weighted by molar-refractivity contribution is 5.85. The summed E-state index contributed by atoms with van der Waals surface area (Å²) >= 11 is 0. The van der Waals surface area contributed by atoms with Crippen LogP contribution in [0.1, 0.15) is 38.2 Å². The van der Waals surface area contributed by atoms with E-state index in [0.717, 1.165) is 24.1 Å². The number of benzene rings is 1. The molecule has 0 spiro atoms. The van der Waals surface area contributed by atoms with Crippen LogP contribution in [0.4, 0.5) is 5.69 Å². The SMILES string of the molecule is CC(C(=O)NC1CCCC1)N(C)c1cccc(CN)c1. The van der Waals surface area contributed by atoms with Crippen molar-refractivity contribution in [1.29, 1.82) is 0 Å². The quantitative estimate of drug-likeness (QED) is 0.864. The summed E-state index contributed by atoms with van der Waals surface area (Å²) in [6, 6.07) is 8.23. The molecule has 2 rings (SSSR count). The number of carbonyl (C=O) groups is 1. The molecule has 4 heteroatoms. The Balaban J connectivity index is 1.99. The Kier molecular flexibility index (Phi) is 5.01. The first-order chi connectivity index (χ1) is 9.61. The summed E-state index contributed by atoms with van der Waals surface area (Å²) in [7, 11) is 1.95. The van der Waals surface area contributed by atoms with Gasteiger partial charge in [0.15, 0.2) is 0 Å². The maximum Gasteiger partial charge on any atom is 0.242 e. The fourth-order valence-electron chi connectivity index (χ4n) is 2.69. The van der Waals surface area contributed by atoms with Gasteiger partial charge < -0.3 is 16.0 Å². The van der Waals surface area contributed by atoms with Crippen LogP contribution in [0.5, 0.6) is 0 Å². The highest BCUT2D eigenvalue weighted by Crippen LogP contribution is 2.20. The lowest BCUT2D eigenvalue weighted by Gasteiger charge is -2.27. The second kappa shape index (κ2) is 6.75. The minimum absolute atomic E-state index is 0.109. The van der Waals surface area contributed by atoms with E-state index in [-0.39, 0.29) is 11.9 Å². The lowest BCUT2D eigenvalue weighted by Crippen LogP contribution is -2.46. The predicted molar refractivity (Wildman–Crippen MR) is 82.6 cm³/mol. The van der Waals surface area contributed by atoms with Gasteiger partial charge in [-0.3, -0.25) is 4.79 Å². The zero-order valence-corrected chi connectivity index (χ0v) is 12.4. The molecule has 3 N–H and O–H groups in total. The summed E-state index contributed by atoms with van der Waals surface area (Å²) in [5, 5.41) is 3.15. The van der Waals surface area contributed by atoms with E-state index < -0.39 is 0 Å². The van der Waals surface area contributed by atoms with E-state index in [4.69, 9.17) is 5.73 Å². The monoisotopic (exact) mass is 275 g/mol. The van der Waals surface area contributed by atoms with Gasteiger partial charge in [0.2, 0.25) is 5.91 Å². The van der Waals surface area contributed by atoms with E-state index in [9.17, 15) is 4.79 Å². The molecule has 0 radical (unpaired) electrons. The molecular formula is C16H25N3O. The van der Waals surface area contributed by atoms with Gasteiger partial charge in [-0.25, -0.2) is 0 Å². The second-order valence-corrected chi connectivity index (χ2v) is 5.65. The largest absolute Gasteiger partial charge is 0.363 e. The molecule has 1 amide bonds. The average molecular weight is 275 g/mol. The van der Waals surface area contributed by atoms with E-state index >= 15 is 0 Å². The molecule has 1 aromatic rings. The van der Waals surface area contributed by atoms with Crippen LogP contribution >= 0.6 is 0 Å². The van der Waals surface area contributed by atoms with Crippen LogP contribution in [-0.4, -0.2) is 25.0 Å². The van der Waals surface area contributed by atoms with Crippen LogP contribution in [0.2, 0.25) is 0 Å². The minimum Gasteiger partial charge on any atom is -0.363 e. The fraction of sp³-hybridized carbons (Fsp3) is 0.562. The molecule has 1 atom stereocenters. The van der Waals surface area contributed by atoms with Gasteiger partial charge in [-0.1, -0.05) is 25.0 Å². The van der Waals surface area contributed by atoms with E-state index in [1.54, 1.807) is 0 Å². The Hall–Kier alpha value is -1.55. The summed E-state index contributed by atoms with van der Waals surface area (Å²) in [5.74, 6) is 0.109. The molecule has 1 aliphatic rings. The summed E-state index contributed by atoms with van der Waals surface area (Å²) < 4.78 is 0. The van der Waals surface area contributed by atoms with E-state index in [1.165, 1.54) is 12.8 Å². The molecule has 1 aliphatic carbocycles. The van der Waals surface area contributed by atoms with Gasteiger partial charge in [0.05, 0.1) is 0 Å². The third kappa shape index (κ3) is 3.51. The van der Waals surface area contributed by atoms with Crippen molar-refractivity contribution in [3.63, 3.8) is 0 Å². The summed E-state index contributed by atoms with van der Waals surface area (Å²) in [6.45, 7) is 2.46. The van der Waals surface area contributed by atoms with Crippen LogP contribution in [0.3, 0.4) is 0 Å². The van der Waals surface area contributed by atoms with E-state index in [0.29, 0.717) is 12.6 Å². The number of carbonyl (C=O) groups excluding carboxylic acids is 1. The number of likely N-dealkylation sites (N-methyl/N-ethyl adjacent to an activating group) is 1. The van der Waals surface area contributed by atoms with Gasteiger partial charge in [0, 0.05) is 25.3 Å². The van der Waals surface area contributed by atoms with Gasteiger partial charge >= 0.3 is 0 Å². The van der Waals surface area contributed by atoms with Crippen LogP contribution in [0.15, 0.2) is 24.3 Å². The Morgan fingerprint density at radius 1 is 1.45 bits per heavy atom. The lowest BCUT2D eigenvalue weighted by molar-refractivity contribution is -0.122. The molecule has 110 valence electrons. The van der Waals surface area contributed by atoms with Crippen molar-refractivity contribution in [3.05, 3.63) is 29.8 Å². The van der Waals surface area contributed by atoms with Crippen LogP contribution in [0, 0.1) is 0 Å². The Bertz CT molecular complexity index is 455. The smallest absolute Gasteiger partial charge is 0.242 e. The number of hydrogen-bond acceptors (Lipinski definition) is 3. The predicted octanol–water partition coefficient (Wildman–Crippen LogP) is 2.03. The Labute approximate surface area is 121 Å². The van der Waals surface area contributed by atoms with Crippen LogP contribution < -0.4 is 16.0 Å². The first kappa shape index (κ1) is 14.9. The highest BCUT2D eigenvalue weighted by atomic mass is 16.2. The molecule has 20 heavy (non-hydrogen) atoms. The van der Waals surface area contributed by atoms with Crippen molar-refractivity contribution in [2.24, 2.45) is 5.73 Å². The normalized spacial score (nSPS) is 16.9. The third-order valence-electron chi connectivity index (χ3n) is 4.22. The van der Waals surface area contributed by atoms with Gasteiger partial charge in [-0.05, 0) is 37.5 Å². The van der Waals surface area contributed by atoms with Gasteiger partial charge in [0.1, 0.15) is 6.04 Å². The highest BCUT2D eigenvalue weighted by Gasteiger charge is 2.23. The molecule has 0 saturated heterocycles. The topological polar surface area (TPSA) is 58.4 Å². The molecule has 0 aliphatic heterocycles. The van der Waals surface area contributed by atoms with E-state index in [1.807, 2.05) is 43.1 Å². The van der Waals surface area contributed by atoms with Crippen molar-refractivity contribution in [2.75, 3.05) is 11.9 Å². The first-order valence-corrected chi connectivity index (χ1v) is 7.44. The zero-order chi connectivity index (χ0) is 14.5.